The molecule has 3 aromatic carbocycles. The van der Waals surface area contributed by atoms with Crippen LogP contribution in [-0.4, -0.2) is 55.2 Å². The second kappa shape index (κ2) is 13.9. The number of carbonyl (C=O) groups is 1. The molecule has 1 aromatic heterocycles. The summed E-state index contributed by atoms with van der Waals surface area (Å²) >= 11 is 6.12. The van der Waals surface area contributed by atoms with Crippen molar-refractivity contribution in [2.24, 2.45) is 0 Å². The minimum absolute atomic E-state index is 0. The number of hydrogen-bond donors (Lipinski definition) is 1. The van der Waals surface area contributed by atoms with Crippen LogP contribution in [0.15, 0.2) is 72.9 Å². The minimum atomic E-state index is -0.335. The fraction of sp³-hybridized carbons (Fsp3) is 0.267. The third-order valence-electron chi connectivity index (χ3n) is 7.05. The number of pyridine rings is 1. The lowest BCUT2D eigenvalue weighted by molar-refractivity contribution is 0.0460. The van der Waals surface area contributed by atoms with Crippen molar-refractivity contribution in [3.8, 4) is 0 Å². The maximum absolute atomic E-state index is 13.0. The standard InChI is InChI=1S/C30H31ClN4O2.2ClH/c1-21-6-5-9-29(22(21)2)35-16-14-34(15-17-35)18-19-37-30(36)25-7-3-4-8-26(25)33-27-12-13-32-28-20-23(31)10-11-24(27)28;;/h3-13,20H,14-19H2,1-2H3,(H,32,33);2*1H. The third-order valence-corrected chi connectivity index (χ3v) is 7.29. The Balaban J connectivity index is 0.00000210. The maximum atomic E-state index is 13.0. The summed E-state index contributed by atoms with van der Waals surface area (Å²) in [6, 6.07) is 21.4. The van der Waals surface area contributed by atoms with Crippen molar-refractivity contribution in [2.75, 3.05) is 49.5 Å². The minimum Gasteiger partial charge on any atom is -0.461 e. The number of nitrogens with one attached hydrogen (secondary N) is 1. The number of anilines is 3. The second-order valence-corrected chi connectivity index (χ2v) is 9.81. The number of aromatic nitrogens is 1. The number of rotatable bonds is 7. The van der Waals surface area contributed by atoms with Crippen LogP contribution in [0.1, 0.15) is 21.5 Å². The Morgan fingerprint density at radius 1 is 0.949 bits per heavy atom. The zero-order chi connectivity index (χ0) is 25.8. The van der Waals surface area contributed by atoms with Gasteiger partial charge < -0.3 is 15.0 Å². The van der Waals surface area contributed by atoms with Crippen LogP contribution in [0.5, 0.6) is 0 Å². The highest BCUT2D eigenvalue weighted by molar-refractivity contribution is 6.31. The monoisotopic (exact) mass is 586 g/mol. The SMILES string of the molecule is Cc1cccc(N2CCN(CCOC(=O)c3ccccc3Nc3ccnc4cc(Cl)ccc34)CC2)c1C.Cl.Cl. The number of esters is 1. The molecule has 206 valence electrons. The fourth-order valence-electron chi connectivity index (χ4n) is 4.78. The average molecular weight is 588 g/mol. The number of benzene rings is 3. The molecule has 1 fully saturated rings. The van der Waals surface area contributed by atoms with Crippen LogP contribution in [0.3, 0.4) is 0 Å². The topological polar surface area (TPSA) is 57.7 Å². The number of aryl methyl sites for hydroxylation is 1. The molecule has 1 saturated heterocycles. The Bertz CT molecular complexity index is 1420. The summed E-state index contributed by atoms with van der Waals surface area (Å²) in [6.45, 7) is 9.25. The summed E-state index contributed by atoms with van der Waals surface area (Å²) in [6.07, 6.45) is 1.72. The molecule has 9 heteroatoms. The largest absolute Gasteiger partial charge is 0.461 e. The van der Waals surface area contributed by atoms with Crippen molar-refractivity contribution in [3.63, 3.8) is 0 Å². The van der Waals surface area contributed by atoms with Crippen LogP contribution in [-0.2, 0) is 4.74 Å². The van der Waals surface area contributed by atoms with E-state index in [1.807, 2.05) is 42.5 Å². The van der Waals surface area contributed by atoms with Gasteiger partial charge in [0.2, 0.25) is 0 Å². The Labute approximate surface area is 247 Å². The van der Waals surface area contributed by atoms with E-state index in [4.69, 9.17) is 16.3 Å². The van der Waals surface area contributed by atoms with E-state index < -0.39 is 0 Å². The molecular weight excluding hydrogens is 555 g/mol. The quantitative estimate of drug-likeness (QED) is 0.233. The van der Waals surface area contributed by atoms with Crippen LogP contribution in [0.4, 0.5) is 17.1 Å². The van der Waals surface area contributed by atoms with Crippen LogP contribution in [0.2, 0.25) is 5.02 Å². The van der Waals surface area contributed by atoms with E-state index in [0.717, 1.165) is 49.3 Å². The average Bonchev–Trinajstić information content (AvgIpc) is 2.91. The molecule has 0 atom stereocenters. The molecule has 0 spiro atoms. The molecule has 0 amide bonds. The van der Waals surface area contributed by atoms with Gasteiger partial charge in [-0.2, -0.15) is 0 Å². The van der Waals surface area contributed by atoms with Gasteiger partial charge in [-0.3, -0.25) is 9.88 Å². The first-order valence-corrected chi connectivity index (χ1v) is 13.0. The number of hydrogen-bond acceptors (Lipinski definition) is 6. The van der Waals surface area contributed by atoms with Gasteiger partial charge in [0, 0.05) is 60.7 Å². The van der Waals surface area contributed by atoms with Gasteiger partial charge >= 0.3 is 5.97 Å². The third kappa shape index (κ3) is 7.14. The first kappa shape index (κ1) is 30.5. The van der Waals surface area contributed by atoms with E-state index in [-0.39, 0.29) is 30.8 Å². The molecule has 1 aliphatic rings. The second-order valence-electron chi connectivity index (χ2n) is 9.37. The smallest absolute Gasteiger partial charge is 0.340 e. The number of nitrogens with zero attached hydrogens (tertiary/aromatic N) is 3. The van der Waals surface area contributed by atoms with Gasteiger partial charge in [0.25, 0.3) is 0 Å². The normalized spacial score (nSPS) is 13.4. The maximum Gasteiger partial charge on any atom is 0.340 e. The van der Waals surface area contributed by atoms with Crippen molar-refractivity contribution in [2.45, 2.75) is 13.8 Å². The molecule has 1 N–H and O–H groups in total. The number of halogens is 3. The lowest BCUT2D eigenvalue weighted by Gasteiger charge is -2.36. The zero-order valence-electron chi connectivity index (χ0n) is 22.0. The van der Waals surface area contributed by atoms with Gasteiger partial charge in [0.15, 0.2) is 0 Å². The molecule has 0 bridgehead atoms. The first-order valence-electron chi connectivity index (χ1n) is 12.6. The molecule has 6 nitrogen and oxygen atoms in total. The highest BCUT2D eigenvalue weighted by Crippen LogP contribution is 2.29. The summed E-state index contributed by atoms with van der Waals surface area (Å²) in [7, 11) is 0. The summed E-state index contributed by atoms with van der Waals surface area (Å²) in [5.41, 5.74) is 6.82. The highest BCUT2D eigenvalue weighted by atomic mass is 35.5. The van der Waals surface area contributed by atoms with Gasteiger partial charge in [-0.05, 0) is 67.4 Å². The molecular formula is C30H33Cl3N4O2. The summed E-state index contributed by atoms with van der Waals surface area (Å²) < 4.78 is 5.69. The summed E-state index contributed by atoms with van der Waals surface area (Å²) in [5.74, 6) is -0.335. The van der Waals surface area contributed by atoms with E-state index in [0.29, 0.717) is 22.9 Å². The molecule has 2 heterocycles. The fourth-order valence-corrected chi connectivity index (χ4v) is 4.95. The Morgan fingerprint density at radius 2 is 1.72 bits per heavy atom. The van der Waals surface area contributed by atoms with E-state index in [1.165, 1.54) is 16.8 Å². The van der Waals surface area contributed by atoms with Gasteiger partial charge in [0.05, 0.1) is 16.8 Å². The Hall–Kier alpha value is -3.03. The van der Waals surface area contributed by atoms with Crippen molar-refractivity contribution in [1.29, 1.82) is 0 Å². The Kier molecular flexibility index (Phi) is 10.8. The van der Waals surface area contributed by atoms with E-state index in [9.17, 15) is 4.79 Å². The number of para-hydroxylation sites is 1. The van der Waals surface area contributed by atoms with E-state index in [1.54, 1.807) is 12.3 Å². The number of carbonyl (C=O) groups excluding carboxylic acids is 1. The molecule has 1 aliphatic heterocycles. The molecule has 0 aliphatic carbocycles. The predicted molar refractivity (Wildman–Crippen MR) is 166 cm³/mol. The van der Waals surface area contributed by atoms with Crippen LogP contribution < -0.4 is 10.2 Å². The Morgan fingerprint density at radius 3 is 2.51 bits per heavy atom. The molecule has 4 aromatic rings. The number of fused-ring (bicyclic) bond motifs is 1. The summed E-state index contributed by atoms with van der Waals surface area (Å²) in [5, 5.41) is 4.94. The lowest BCUT2D eigenvalue weighted by Crippen LogP contribution is -2.47. The van der Waals surface area contributed by atoms with Gasteiger partial charge in [-0.1, -0.05) is 35.9 Å². The van der Waals surface area contributed by atoms with Crippen LogP contribution >= 0.6 is 36.4 Å². The first-order chi connectivity index (χ1) is 18.0. The molecule has 39 heavy (non-hydrogen) atoms. The highest BCUT2D eigenvalue weighted by Gasteiger charge is 2.20. The molecule has 5 rings (SSSR count). The van der Waals surface area contributed by atoms with Crippen molar-refractivity contribution in [1.82, 2.24) is 9.88 Å². The van der Waals surface area contributed by atoms with Crippen LogP contribution in [0.25, 0.3) is 10.9 Å². The van der Waals surface area contributed by atoms with Crippen LogP contribution in [0, 0.1) is 13.8 Å². The number of piperazine rings is 1. The van der Waals surface area contributed by atoms with Gasteiger partial charge in [-0.25, -0.2) is 4.79 Å². The van der Waals surface area contributed by atoms with Crippen molar-refractivity contribution in [3.05, 3.63) is 94.6 Å². The lowest BCUT2D eigenvalue weighted by atomic mass is 10.1. The number of ether oxygens (including phenoxy) is 1. The van der Waals surface area contributed by atoms with Gasteiger partial charge in [0.1, 0.15) is 6.61 Å². The summed E-state index contributed by atoms with van der Waals surface area (Å²) in [4.78, 5) is 22.2. The van der Waals surface area contributed by atoms with Crippen molar-refractivity contribution < 1.29 is 9.53 Å². The van der Waals surface area contributed by atoms with Crippen molar-refractivity contribution >= 4 is 70.3 Å². The molecule has 0 saturated carbocycles. The van der Waals surface area contributed by atoms with E-state index in [2.05, 4.69) is 52.1 Å². The zero-order valence-corrected chi connectivity index (χ0v) is 24.4. The molecule has 0 radical (unpaired) electrons. The van der Waals surface area contributed by atoms with E-state index >= 15 is 0 Å². The van der Waals surface area contributed by atoms with Gasteiger partial charge in [-0.15, -0.1) is 24.8 Å². The molecule has 0 unspecified atom stereocenters. The predicted octanol–water partition coefficient (Wildman–Crippen LogP) is 7.07.